The Labute approximate surface area is 310 Å². The molecule has 0 spiro atoms. The van der Waals surface area contributed by atoms with Crippen molar-refractivity contribution in [3.05, 3.63) is 67.9 Å². The van der Waals surface area contributed by atoms with Gasteiger partial charge < -0.3 is 25.0 Å². The molecule has 11 nitrogen and oxygen atoms in total. The van der Waals surface area contributed by atoms with Crippen molar-refractivity contribution in [2.75, 3.05) is 51.5 Å². The molecule has 2 unspecified atom stereocenters. The van der Waals surface area contributed by atoms with Crippen LogP contribution in [0.15, 0.2) is 24.0 Å². The zero-order chi connectivity index (χ0) is 37.9. The van der Waals surface area contributed by atoms with Gasteiger partial charge in [0.15, 0.2) is 5.69 Å². The Balaban J connectivity index is 0.000000369. The Hall–Kier alpha value is -3.66. The molecule has 2 saturated heterocycles. The van der Waals surface area contributed by atoms with E-state index in [0.717, 1.165) is 30.9 Å². The fourth-order valence-electron chi connectivity index (χ4n) is 7.04. The lowest BCUT2D eigenvalue weighted by Gasteiger charge is -2.31. The maximum absolute atomic E-state index is 13.9. The van der Waals surface area contributed by atoms with E-state index in [1.807, 2.05) is 18.7 Å². The molecule has 2 N–H and O–H groups in total. The number of aryl methyl sites for hydroxylation is 1. The Morgan fingerprint density at radius 1 is 1.10 bits per heavy atom. The normalized spacial score (nSPS) is 20.5. The smallest absolute Gasteiger partial charge is 0.418 e. The fourth-order valence-corrected chi connectivity index (χ4v) is 7.66. The van der Waals surface area contributed by atoms with Crippen molar-refractivity contribution >= 4 is 40.6 Å². The predicted octanol–water partition coefficient (Wildman–Crippen LogP) is 7.25. The van der Waals surface area contributed by atoms with Crippen LogP contribution in [0.3, 0.4) is 0 Å². The molecule has 2 atom stereocenters. The molecule has 52 heavy (non-hydrogen) atoms. The summed E-state index contributed by atoms with van der Waals surface area (Å²) >= 11 is 12.6. The molecule has 17 heteroatoms. The highest BCUT2D eigenvalue weighted by Crippen LogP contribution is 2.45. The summed E-state index contributed by atoms with van der Waals surface area (Å²) in [5.41, 5.74) is 7.69. The molecule has 7 rings (SSSR count). The number of hydrogen-bond donors (Lipinski definition) is 1. The fraction of sp³-hybridized carbons (Fsp3) is 0.543. The monoisotopic (exact) mass is 770 g/mol. The summed E-state index contributed by atoms with van der Waals surface area (Å²) in [6.07, 6.45) is -0.673. The van der Waals surface area contributed by atoms with Gasteiger partial charge in [-0.1, -0.05) is 37.0 Å². The number of anilines is 2. The third-order valence-electron chi connectivity index (χ3n) is 9.41. The lowest BCUT2D eigenvalue weighted by Crippen LogP contribution is -2.29. The van der Waals surface area contributed by atoms with Crippen molar-refractivity contribution in [2.24, 2.45) is 0 Å². The van der Waals surface area contributed by atoms with Gasteiger partial charge in [0, 0.05) is 57.4 Å². The molecular weight excluding hydrogens is 727 g/mol. The van der Waals surface area contributed by atoms with E-state index in [4.69, 9.17) is 38.4 Å². The van der Waals surface area contributed by atoms with Gasteiger partial charge in [-0.15, -0.1) is 0 Å². The lowest BCUT2D eigenvalue weighted by atomic mass is 9.94. The molecule has 6 heterocycles. The third-order valence-corrected chi connectivity index (χ3v) is 10.1. The number of carbonyl (C=O) groups excluding carboxylic acids is 1. The maximum atomic E-state index is 13.9. The van der Waals surface area contributed by atoms with E-state index in [-0.39, 0.29) is 53.5 Å². The topological polar surface area (TPSA) is 115 Å². The molecule has 0 radical (unpaired) electrons. The van der Waals surface area contributed by atoms with Gasteiger partial charge in [0.25, 0.3) is 5.91 Å². The summed E-state index contributed by atoms with van der Waals surface area (Å²) < 4.78 is 66.9. The molecule has 4 aliphatic rings. The van der Waals surface area contributed by atoms with Crippen molar-refractivity contribution in [2.45, 2.75) is 84.0 Å². The number of nitrogens with two attached hydrogens (primary N) is 1. The van der Waals surface area contributed by atoms with Gasteiger partial charge >= 0.3 is 12.2 Å². The van der Waals surface area contributed by atoms with Crippen LogP contribution in [0.2, 0.25) is 10.0 Å². The standard InChI is InChI=1S/C25H26Cl2F3N7O3.C8H12FN.C2H6/c1-35(2)23(38)21-20(27)17-10-36(5-4-6-37(17)34-21)22-14-11-40-18(9-16(14)32-24(33-22)39-3)13-7-12(31)8-15(26)19(13)25(28,29)30;9-5-7-4-8-2-1-3-10(8)6-7;1-2/h7-8,18H,4-6,9-11,31H2,1-3H3;5,8H,1-4,6H2;1-2H3/b;7-5-;. The highest BCUT2D eigenvalue weighted by molar-refractivity contribution is 6.34. The van der Waals surface area contributed by atoms with E-state index in [2.05, 4.69) is 20.0 Å². The number of nitrogen functional groups attached to an aromatic ring is 1. The number of fused-ring (bicyclic) bond motifs is 3. The Morgan fingerprint density at radius 2 is 1.85 bits per heavy atom. The van der Waals surface area contributed by atoms with Gasteiger partial charge in [0.1, 0.15) is 5.82 Å². The van der Waals surface area contributed by atoms with Crippen LogP contribution in [0.5, 0.6) is 6.01 Å². The minimum Gasteiger partial charge on any atom is -0.467 e. The first-order valence-electron chi connectivity index (χ1n) is 17.2. The van der Waals surface area contributed by atoms with Gasteiger partial charge in [0.2, 0.25) is 0 Å². The zero-order valence-electron chi connectivity index (χ0n) is 29.9. The van der Waals surface area contributed by atoms with E-state index in [0.29, 0.717) is 48.3 Å². The summed E-state index contributed by atoms with van der Waals surface area (Å²) in [7, 11) is 4.66. The van der Waals surface area contributed by atoms with Crippen LogP contribution < -0.4 is 15.4 Å². The second-order valence-corrected chi connectivity index (χ2v) is 13.8. The average Bonchev–Trinajstić information content (AvgIpc) is 3.76. The molecule has 0 bridgehead atoms. The second-order valence-electron chi connectivity index (χ2n) is 13.0. The minimum atomic E-state index is -4.71. The van der Waals surface area contributed by atoms with E-state index < -0.39 is 22.9 Å². The second kappa shape index (κ2) is 16.6. The molecule has 3 aromatic rings. The summed E-state index contributed by atoms with van der Waals surface area (Å²) in [4.78, 5) is 27.4. The van der Waals surface area contributed by atoms with Crippen molar-refractivity contribution in [1.29, 1.82) is 0 Å². The molecular formula is C35H44Cl2F4N8O3. The van der Waals surface area contributed by atoms with Gasteiger partial charge in [-0.2, -0.15) is 28.2 Å². The molecule has 0 aliphatic carbocycles. The highest BCUT2D eigenvalue weighted by Gasteiger charge is 2.40. The zero-order valence-corrected chi connectivity index (χ0v) is 31.4. The number of ether oxygens (including phenoxy) is 2. The molecule has 0 saturated carbocycles. The number of aromatic nitrogens is 4. The number of methoxy groups -OCH3 is 1. The maximum Gasteiger partial charge on any atom is 0.418 e. The molecule has 2 aromatic heterocycles. The van der Waals surface area contributed by atoms with Crippen LogP contribution in [-0.4, -0.2) is 82.3 Å². The van der Waals surface area contributed by atoms with Gasteiger partial charge in [-0.3, -0.25) is 14.4 Å². The summed E-state index contributed by atoms with van der Waals surface area (Å²) in [5.74, 6) is 0.200. The average molecular weight is 772 g/mol. The number of carbonyl (C=O) groups is 1. The molecule has 1 aromatic carbocycles. The Bertz CT molecular complexity index is 1790. The molecule has 284 valence electrons. The van der Waals surface area contributed by atoms with Crippen LogP contribution in [-0.2, 0) is 37.0 Å². The van der Waals surface area contributed by atoms with Crippen LogP contribution in [0.1, 0.15) is 84.2 Å². The van der Waals surface area contributed by atoms with Crippen molar-refractivity contribution in [3.63, 3.8) is 0 Å². The SMILES string of the molecule is CC.COc1nc2c(c(N3CCCn4nc(C(=O)N(C)C)c(Cl)c4C3)n1)COC(c1cc(N)cc(Cl)c1C(F)(F)F)C2.F/C=C1/CC2CCCN2C1. The predicted molar refractivity (Wildman–Crippen MR) is 191 cm³/mol. The number of nitrogens with zero attached hydrogens (tertiary/aromatic N) is 7. The number of rotatable bonds is 4. The van der Waals surface area contributed by atoms with E-state index >= 15 is 0 Å². The van der Waals surface area contributed by atoms with Gasteiger partial charge in [-0.25, -0.2) is 4.39 Å². The van der Waals surface area contributed by atoms with Crippen LogP contribution in [0.4, 0.5) is 29.1 Å². The quantitative estimate of drug-likeness (QED) is 0.217. The van der Waals surface area contributed by atoms with Gasteiger partial charge in [0.05, 0.1) is 59.7 Å². The highest BCUT2D eigenvalue weighted by atomic mass is 35.5. The van der Waals surface area contributed by atoms with E-state index in [9.17, 15) is 22.4 Å². The number of halogens is 6. The Kier molecular flexibility index (Phi) is 12.6. The summed E-state index contributed by atoms with van der Waals surface area (Å²) in [6, 6.07) is 3.04. The van der Waals surface area contributed by atoms with Gasteiger partial charge in [-0.05, 0) is 55.5 Å². The van der Waals surface area contributed by atoms with Crippen LogP contribution in [0, 0.1) is 0 Å². The van der Waals surface area contributed by atoms with Crippen molar-refractivity contribution in [3.8, 4) is 6.01 Å². The number of amides is 1. The first-order valence-corrected chi connectivity index (χ1v) is 18.0. The summed E-state index contributed by atoms with van der Waals surface area (Å²) in [5, 5.41) is 4.20. The molecule has 4 aliphatic heterocycles. The molecule has 1 amide bonds. The first kappa shape index (κ1) is 39.5. The third kappa shape index (κ3) is 8.27. The first-order chi connectivity index (χ1) is 24.8. The van der Waals surface area contributed by atoms with Crippen LogP contribution >= 0.6 is 23.2 Å². The Morgan fingerprint density at radius 3 is 2.50 bits per heavy atom. The molecule has 2 fully saturated rings. The number of alkyl halides is 3. The minimum absolute atomic E-state index is 0.0120. The number of benzene rings is 1. The largest absolute Gasteiger partial charge is 0.467 e. The van der Waals surface area contributed by atoms with Crippen molar-refractivity contribution < 1.29 is 31.8 Å². The van der Waals surface area contributed by atoms with Crippen molar-refractivity contribution in [1.82, 2.24) is 29.5 Å². The van der Waals surface area contributed by atoms with E-state index in [1.54, 1.807) is 18.8 Å². The summed E-state index contributed by atoms with van der Waals surface area (Å²) in [6.45, 7) is 7.40. The van der Waals surface area contributed by atoms with E-state index in [1.165, 1.54) is 37.5 Å². The lowest BCUT2D eigenvalue weighted by molar-refractivity contribution is -0.139. The number of hydrogen-bond acceptors (Lipinski definition) is 9. The van der Waals surface area contributed by atoms with Crippen LogP contribution in [0.25, 0.3) is 0 Å².